The van der Waals surface area contributed by atoms with Crippen molar-refractivity contribution in [1.29, 1.82) is 0 Å². The highest BCUT2D eigenvalue weighted by Gasteiger charge is 2.31. The predicted molar refractivity (Wildman–Crippen MR) is 121 cm³/mol. The van der Waals surface area contributed by atoms with Crippen molar-refractivity contribution in [2.75, 3.05) is 6.16 Å². The van der Waals surface area contributed by atoms with Crippen LogP contribution in [-0.2, 0) is 27.0 Å². The highest BCUT2D eigenvalue weighted by Crippen LogP contribution is 2.37. The molecule has 1 unspecified atom stereocenters. The number of carbonyl (C=O) groups is 2. The molecule has 2 aromatic carbocycles. The first kappa shape index (κ1) is 24.8. The van der Waals surface area contributed by atoms with Crippen LogP contribution in [0, 0.1) is 5.92 Å². The zero-order chi connectivity index (χ0) is 22.9. The topological polar surface area (TPSA) is 116 Å². The van der Waals surface area contributed by atoms with E-state index in [0.717, 1.165) is 11.1 Å². The number of rotatable bonds is 12. The Balaban J connectivity index is 2.13. The lowest BCUT2D eigenvalue weighted by atomic mass is 10.0. The van der Waals surface area contributed by atoms with Gasteiger partial charge in [-0.1, -0.05) is 74.5 Å². The number of nitrogens with one attached hydrogen (secondary N) is 2. The third kappa shape index (κ3) is 9.05. The van der Waals surface area contributed by atoms with Gasteiger partial charge in [-0.3, -0.25) is 9.36 Å². The summed E-state index contributed by atoms with van der Waals surface area (Å²) in [6.07, 6.45) is 0.775. The van der Waals surface area contributed by atoms with E-state index in [0.29, 0.717) is 6.42 Å². The number of aliphatic carboxylic acids is 1. The molecule has 1 amide bonds. The van der Waals surface area contributed by atoms with Gasteiger partial charge in [-0.05, 0) is 36.3 Å². The first-order valence-corrected chi connectivity index (χ1v) is 12.2. The summed E-state index contributed by atoms with van der Waals surface area (Å²) in [5.74, 6) is -1.67. The molecule has 0 heterocycles. The van der Waals surface area contributed by atoms with Crippen LogP contribution in [-0.4, -0.2) is 40.1 Å². The number of amides is 1. The Morgan fingerprint density at radius 1 is 0.935 bits per heavy atom. The van der Waals surface area contributed by atoms with Crippen molar-refractivity contribution in [3.05, 3.63) is 71.8 Å². The van der Waals surface area contributed by atoms with Gasteiger partial charge in [0.05, 0.1) is 6.04 Å². The molecule has 0 spiro atoms. The molecule has 0 radical (unpaired) electrons. The van der Waals surface area contributed by atoms with Crippen molar-refractivity contribution in [3.8, 4) is 0 Å². The summed E-state index contributed by atoms with van der Waals surface area (Å²) >= 11 is 0. The summed E-state index contributed by atoms with van der Waals surface area (Å²) in [6.45, 7) is 3.74. The summed E-state index contributed by atoms with van der Waals surface area (Å²) in [5.41, 5.74) is 1.72. The fraction of sp³-hybridized carbons (Fsp3) is 0.391. The number of carboxylic acids is 1. The average molecular weight is 446 g/mol. The zero-order valence-corrected chi connectivity index (χ0v) is 18.8. The molecule has 31 heavy (non-hydrogen) atoms. The van der Waals surface area contributed by atoms with Gasteiger partial charge < -0.3 is 15.3 Å². The van der Waals surface area contributed by atoms with Crippen LogP contribution in [0.25, 0.3) is 0 Å². The van der Waals surface area contributed by atoms with E-state index >= 15 is 0 Å². The van der Waals surface area contributed by atoms with E-state index in [1.165, 1.54) is 0 Å². The maximum atomic E-state index is 12.9. The molecular formula is C23H31N2O5P. The maximum Gasteiger partial charge on any atom is 0.326 e. The standard InChI is InChI=1S/C23H31N2O5P/c1-17(2)15-21(23(27)28)24-22(26)20(16-19-11-7-4-8-12-19)25-31(29,30)14-13-18-9-5-3-6-10-18/h3-12,17,20-21H,13-16H2,1-2H3,(H,24,26)(H,27,28)(H2,25,29,30)/t20-,21-/m0/s1. The SMILES string of the molecule is CC(C)C[C@H](NC(=O)[C@H](Cc1ccccc1)NP(=O)(O)CCc1ccccc1)C(=O)O. The van der Waals surface area contributed by atoms with E-state index in [1.54, 1.807) is 0 Å². The van der Waals surface area contributed by atoms with Crippen LogP contribution >= 0.6 is 7.52 Å². The summed E-state index contributed by atoms with van der Waals surface area (Å²) in [6, 6.07) is 16.3. The average Bonchev–Trinajstić information content (AvgIpc) is 2.72. The van der Waals surface area contributed by atoms with Crippen molar-refractivity contribution < 1.29 is 24.2 Å². The minimum atomic E-state index is -3.86. The van der Waals surface area contributed by atoms with E-state index in [9.17, 15) is 24.2 Å². The van der Waals surface area contributed by atoms with Gasteiger partial charge in [-0.2, -0.15) is 0 Å². The van der Waals surface area contributed by atoms with E-state index in [2.05, 4.69) is 10.4 Å². The molecule has 168 valence electrons. The maximum absolute atomic E-state index is 12.9. The van der Waals surface area contributed by atoms with Gasteiger partial charge >= 0.3 is 5.97 Å². The van der Waals surface area contributed by atoms with E-state index < -0.39 is 31.5 Å². The Hall–Kier alpha value is -2.47. The minimum absolute atomic E-state index is 0.0378. The number of hydrogen-bond acceptors (Lipinski definition) is 3. The Bertz CT molecular complexity index is 889. The molecule has 3 atom stereocenters. The molecule has 0 fully saturated rings. The second-order valence-corrected chi connectivity index (χ2v) is 10.2. The second-order valence-electron chi connectivity index (χ2n) is 8.06. The number of benzene rings is 2. The number of hydrogen-bond donors (Lipinski definition) is 4. The molecule has 0 saturated carbocycles. The van der Waals surface area contributed by atoms with Gasteiger partial charge in [0.25, 0.3) is 7.52 Å². The predicted octanol–water partition coefficient (Wildman–Crippen LogP) is 3.23. The highest BCUT2D eigenvalue weighted by molar-refractivity contribution is 7.55. The molecule has 0 aliphatic heterocycles. The molecule has 7 nitrogen and oxygen atoms in total. The van der Waals surface area contributed by atoms with Gasteiger partial charge in [0, 0.05) is 6.16 Å². The molecule has 0 aromatic heterocycles. The lowest BCUT2D eigenvalue weighted by Crippen LogP contribution is -2.50. The molecule has 8 heteroatoms. The molecule has 2 rings (SSSR count). The van der Waals surface area contributed by atoms with E-state index in [1.807, 2.05) is 74.5 Å². The summed E-state index contributed by atoms with van der Waals surface area (Å²) < 4.78 is 12.8. The summed E-state index contributed by atoms with van der Waals surface area (Å²) in [7, 11) is -3.86. The van der Waals surface area contributed by atoms with Crippen LogP contribution < -0.4 is 10.4 Å². The molecule has 0 saturated heterocycles. The molecule has 0 aliphatic carbocycles. The van der Waals surface area contributed by atoms with Gasteiger partial charge in [0.2, 0.25) is 5.91 Å². The van der Waals surface area contributed by atoms with Crippen molar-refractivity contribution in [2.24, 2.45) is 5.92 Å². The van der Waals surface area contributed by atoms with E-state index in [4.69, 9.17) is 0 Å². The van der Waals surface area contributed by atoms with Crippen molar-refractivity contribution >= 4 is 19.4 Å². The van der Waals surface area contributed by atoms with Gasteiger partial charge in [0.1, 0.15) is 6.04 Å². The zero-order valence-electron chi connectivity index (χ0n) is 17.9. The molecular weight excluding hydrogens is 415 g/mol. The quantitative estimate of drug-likeness (QED) is 0.372. The van der Waals surface area contributed by atoms with Gasteiger partial charge in [-0.15, -0.1) is 0 Å². The lowest BCUT2D eigenvalue weighted by molar-refractivity contribution is -0.142. The van der Waals surface area contributed by atoms with Gasteiger partial charge in [0.15, 0.2) is 0 Å². The summed E-state index contributed by atoms with van der Waals surface area (Å²) in [4.78, 5) is 35.0. The largest absolute Gasteiger partial charge is 0.480 e. The number of carboxylic acid groups (broad SMARTS) is 1. The number of aryl methyl sites for hydroxylation is 1. The molecule has 0 bridgehead atoms. The van der Waals surface area contributed by atoms with E-state index in [-0.39, 0.29) is 24.9 Å². The van der Waals surface area contributed by atoms with Crippen LogP contribution in [0.5, 0.6) is 0 Å². The minimum Gasteiger partial charge on any atom is -0.480 e. The Morgan fingerprint density at radius 3 is 2.00 bits per heavy atom. The first-order valence-electron chi connectivity index (χ1n) is 10.4. The number of carbonyl (C=O) groups excluding carboxylic acids is 1. The van der Waals surface area contributed by atoms with Crippen LogP contribution in [0.2, 0.25) is 0 Å². The fourth-order valence-electron chi connectivity index (χ4n) is 3.25. The molecule has 4 N–H and O–H groups in total. The third-order valence-electron chi connectivity index (χ3n) is 4.82. The van der Waals surface area contributed by atoms with Crippen LogP contribution in [0.1, 0.15) is 31.4 Å². The van der Waals surface area contributed by atoms with Crippen molar-refractivity contribution in [2.45, 2.75) is 45.2 Å². The monoisotopic (exact) mass is 446 g/mol. The first-order chi connectivity index (χ1) is 14.7. The van der Waals surface area contributed by atoms with Crippen LogP contribution in [0.4, 0.5) is 0 Å². The summed E-state index contributed by atoms with van der Waals surface area (Å²) in [5, 5.41) is 14.6. The second kappa shape index (κ2) is 11.8. The Morgan fingerprint density at radius 2 is 1.48 bits per heavy atom. The molecule has 0 aliphatic rings. The smallest absolute Gasteiger partial charge is 0.326 e. The fourth-order valence-corrected chi connectivity index (χ4v) is 4.63. The van der Waals surface area contributed by atoms with Crippen molar-refractivity contribution in [1.82, 2.24) is 10.4 Å². The molecule has 2 aromatic rings. The Labute approximate surface area is 183 Å². The van der Waals surface area contributed by atoms with Crippen molar-refractivity contribution in [3.63, 3.8) is 0 Å². The lowest BCUT2D eigenvalue weighted by Gasteiger charge is -2.24. The Kier molecular flexibility index (Phi) is 9.44. The van der Waals surface area contributed by atoms with Crippen LogP contribution in [0.3, 0.4) is 0 Å². The normalized spacial score (nSPS) is 15.1. The third-order valence-corrected chi connectivity index (χ3v) is 6.37. The van der Waals surface area contributed by atoms with Crippen LogP contribution in [0.15, 0.2) is 60.7 Å². The van der Waals surface area contributed by atoms with Gasteiger partial charge in [-0.25, -0.2) is 9.88 Å². The highest BCUT2D eigenvalue weighted by atomic mass is 31.2.